The Morgan fingerprint density at radius 3 is 3.08 bits per heavy atom. The second-order valence-electron chi connectivity index (χ2n) is 2.92. The molecule has 74 valence electrons. The van der Waals surface area contributed by atoms with Gasteiger partial charge in [-0.05, 0) is 12.8 Å². The Balaban J connectivity index is 2.23. The average Bonchev–Trinajstić information content (AvgIpc) is 2.64. The largest absolute Gasteiger partial charge is 0.396 e. The Morgan fingerprint density at radius 1 is 1.69 bits per heavy atom. The molecule has 0 spiro atoms. The van der Waals surface area contributed by atoms with Gasteiger partial charge < -0.3 is 10.4 Å². The molecule has 3 nitrogen and oxygen atoms in total. The predicted molar refractivity (Wildman–Crippen MR) is 54.7 cm³/mol. The third-order valence-corrected chi connectivity index (χ3v) is 2.78. The molecule has 1 atom stereocenters. The van der Waals surface area contributed by atoms with Gasteiger partial charge in [-0.15, -0.1) is 11.3 Å². The van der Waals surface area contributed by atoms with E-state index in [0.717, 1.165) is 24.4 Å². The zero-order valence-corrected chi connectivity index (χ0v) is 8.68. The summed E-state index contributed by atoms with van der Waals surface area (Å²) in [5, 5.41) is 15.2. The lowest BCUT2D eigenvalue weighted by Gasteiger charge is -2.14. The highest BCUT2D eigenvalue weighted by atomic mass is 32.1. The molecule has 13 heavy (non-hydrogen) atoms. The molecule has 0 aliphatic rings. The van der Waals surface area contributed by atoms with Crippen LogP contribution in [0.4, 0.5) is 0 Å². The molecule has 1 aromatic rings. The fourth-order valence-corrected chi connectivity index (χ4v) is 1.75. The van der Waals surface area contributed by atoms with Crippen LogP contribution in [-0.2, 0) is 6.54 Å². The van der Waals surface area contributed by atoms with Crippen LogP contribution in [0.15, 0.2) is 11.6 Å². The maximum atomic E-state index is 8.77. The first-order valence-electron chi connectivity index (χ1n) is 4.59. The topological polar surface area (TPSA) is 45.1 Å². The summed E-state index contributed by atoms with van der Waals surface area (Å²) in [5.41, 5.74) is 0. The van der Waals surface area contributed by atoms with Crippen molar-refractivity contribution in [2.24, 2.45) is 0 Å². The van der Waals surface area contributed by atoms with Crippen molar-refractivity contribution >= 4 is 11.3 Å². The van der Waals surface area contributed by atoms with Gasteiger partial charge in [-0.2, -0.15) is 0 Å². The van der Waals surface area contributed by atoms with E-state index < -0.39 is 0 Å². The Kier molecular flexibility index (Phi) is 4.97. The van der Waals surface area contributed by atoms with Gasteiger partial charge >= 0.3 is 0 Å². The average molecular weight is 200 g/mol. The van der Waals surface area contributed by atoms with Crippen LogP contribution < -0.4 is 5.32 Å². The second-order valence-corrected chi connectivity index (χ2v) is 3.90. The van der Waals surface area contributed by atoms with Crippen molar-refractivity contribution < 1.29 is 5.11 Å². The van der Waals surface area contributed by atoms with Crippen LogP contribution >= 0.6 is 11.3 Å². The molecule has 2 N–H and O–H groups in total. The first kappa shape index (κ1) is 10.6. The maximum absolute atomic E-state index is 8.77. The predicted octanol–water partition coefficient (Wildman–Crippen LogP) is 1.39. The molecule has 0 bridgehead atoms. The molecule has 1 unspecified atom stereocenters. The molecule has 0 amide bonds. The summed E-state index contributed by atoms with van der Waals surface area (Å²) in [6, 6.07) is 0.411. The minimum Gasteiger partial charge on any atom is -0.396 e. The Labute approximate surface area is 82.8 Å². The standard InChI is InChI=1S/C9H16N2OS/c1-2-8(3-5-12)11-7-9-10-4-6-13-9/h4,6,8,11-12H,2-3,5,7H2,1H3. The van der Waals surface area contributed by atoms with Crippen LogP contribution in [0.1, 0.15) is 24.8 Å². The lowest BCUT2D eigenvalue weighted by atomic mass is 10.1. The highest BCUT2D eigenvalue weighted by Gasteiger charge is 2.04. The summed E-state index contributed by atoms with van der Waals surface area (Å²) in [5.74, 6) is 0. The van der Waals surface area contributed by atoms with Crippen LogP contribution in [0, 0.1) is 0 Å². The molecule has 0 fully saturated rings. The number of hydrogen-bond acceptors (Lipinski definition) is 4. The van der Waals surface area contributed by atoms with Crippen LogP contribution in [0.5, 0.6) is 0 Å². The van der Waals surface area contributed by atoms with Crippen molar-refractivity contribution in [3.05, 3.63) is 16.6 Å². The van der Waals surface area contributed by atoms with E-state index in [1.165, 1.54) is 0 Å². The van der Waals surface area contributed by atoms with Crippen molar-refractivity contribution in [3.63, 3.8) is 0 Å². The quantitative estimate of drug-likeness (QED) is 0.729. The molecule has 0 saturated carbocycles. The zero-order valence-electron chi connectivity index (χ0n) is 7.86. The van der Waals surface area contributed by atoms with Crippen LogP contribution in [0.25, 0.3) is 0 Å². The zero-order chi connectivity index (χ0) is 9.52. The number of nitrogens with zero attached hydrogens (tertiary/aromatic N) is 1. The first-order chi connectivity index (χ1) is 6.36. The van der Waals surface area contributed by atoms with Gasteiger partial charge in [0.25, 0.3) is 0 Å². The van der Waals surface area contributed by atoms with E-state index in [0.29, 0.717) is 6.04 Å². The van der Waals surface area contributed by atoms with E-state index in [9.17, 15) is 0 Å². The Bertz CT molecular complexity index is 213. The number of nitrogens with one attached hydrogen (secondary N) is 1. The molecule has 0 aliphatic carbocycles. The van der Waals surface area contributed by atoms with Crippen LogP contribution in [0.2, 0.25) is 0 Å². The number of aliphatic hydroxyl groups excluding tert-OH is 1. The monoisotopic (exact) mass is 200 g/mol. The summed E-state index contributed by atoms with van der Waals surface area (Å²) in [6.07, 6.45) is 3.68. The third-order valence-electron chi connectivity index (χ3n) is 2.00. The van der Waals surface area contributed by atoms with Gasteiger partial charge in [0.2, 0.25) is 0 Å². The number of aromatic nitrogens is 1. The molecular weight excluding hydrogens is 184 g/mol. The highest BCUT2D eigenvalue weighted by molar-refractivity contribution is 7.09. The number of hydrogen-bond donors (Lipinski definition) is 2. The molecule has 1 aromatic heterocycles. The summed E-state index contributed by atoms with van der Waals surface area (Å²) in [6.45, 7) is 3.19. The van der Waals surface area contributed by atoms with Crippen molar-refractivity contribution in [1.82, 2.24) is 10.3 Å². The molecule has 0 saturated heterocycles. The van der Waals surface area contributed by atoms with Gasteiger partial charge in [0.05, 0.1) is 0 Å². The minimum absolute atomic E-state index is 0.253. The molecular formula is C9H16N2OS. The molecule has 4 heteroatoms. The summed E-state index contributed by atoms with van der Waals surface area (Å²) < 4.78 is 0. The Hall–Kier alpha value is -0.450. The van der Waals surface area contributed by atoms with E-state index in [4.69, 9.17) is 5.11 Å². The van der Waals surface area contributed by atoms with Crippen molar-refractivity contribution in [2.45, 2.75) is 32.4 Å². The van der Waals surface area contributed by atoms with Gasteiger partial charge in [0, 0.05) is 30.8 Å². The van der Waals surface area contributed by atoms with E-state index in [1.807, 2.05) is 11.6 Å². The molecule has 1 rings (SSSR count). The van der Waals surface area contributed by atoms with E-state index in [1.54, 1.807) is 11.3 Å². The van der Waals surface area contributed by atoms with E-state index in [-0.39, 0.29) is 6.61 Å². The fraction of sp³-hybridized carbons (Fsp3) is 0.667. The van der Waals surface area contributed by atoms with Crippen LogP contribution in [0.3, 0.4) is 0 Å². The molecule has 0 radical (unpaired) electrons. The highest BCUT2D eigenvalue weighted by Crippen LogP contribution is 2.05. The van der Waals surface area contributed by atoms with E-state index in [2.05, 4.69) is 17.2 Å². The number of aliphatic hydroxyl groups is 1. The summed E-state index contributed by atoms with van der Waals surface area (Å²) in [4.78, 5) is 4.18. The minimum atomic E-state index is 0.253. The van der Waals surface area contributed by atoms with Gasteiger partial charge in [-0.3, -0.25) is 0 Å². The normalized spacial score (nSPS) is 13.1. The fourth-order valence-electron chi connectivity index (χ4n) is 1.18. The van der Waals surface area contributed by atoms with Crippen molar-refractivity contribution in [1.29, 1.82) is 0 Å². The van der Waals surface area contributed by atoms with Gasteiger partial charge in [-0.25, -0.2) is 4.98 Å². The van der Waals surface area contributed by atoms with Crippen molar-refractivity contribution in [3.8, 4) is 0 Å². The van der Waals surface area contributed by atoms with E-state index >= 15 is 0 Å². The second kappa shape index (κ2) is 6.07. The molecule has 0 aliphatic heterocycles. The lowest BCUT2D eigenvalue weighted by Crippen LogP contribution is -2.28. The van der Waals surface area contributed by atoms with Crippen molar-refractivity contribution in [2.75, 3.05) is 6.61 Å². The lowest BCUT2D eigenvalue weighted by molar-refractivity contribution is 0.262. The number of rotatable bonds is 6. The first-order valence-corrected chi connectivity index (χ1v) is 5.47. The summed E-state index contributed by atoms with van der Waals surface area (Å²) in [7, 11) is 0. The SMILES string of the molecule is CCC(CCO)NCc1nccs1. The van der Waals surface area contributed by atoms with Crippen LogP contribution in [-0.4, -0.2) is 22.7 Å². The Morgan fingerprint density at radius 2 is 2.54 bits per heavy atom. The number of thiazole rings is 1. The maximum Gasteiger partial charge on any atom is 0.106 e. The van der Waals surface area contributed by atoms with Gasteiger partial charge in [0.15, 0.2) is 0 Å². The van der Waals surface area contributed by atoms with Gasteiger partial charge in [-0.1, -0.05) is 6.92 Å². The smallest absolute Gasteiger partial charge is 0.106 e. The molecule has 0 aromatic carbocycles. The molecule has 1 heterocycles. The van der Waals surface area contributed by atoms with Gasteiger partial charge in [0.1, 0.15) is 5.01 Å². The third kappa shape index (κ3) is 3.85. The summed E-state index contributed by atoms with van der Waals surface area (Å²) >= 11 is 1.66.